The Morgan fingerprint density at radius 3 is 2.72 bits per heavy atom. The molecule has 1 atom stereocenters. The summed E-state index contributed by atoms with van der Waals surface area (Å²) in [7, 11) is 0. The van der Waals surface area contributed by atoms with Crippen molar-refractivity contribution >= 4 is 17.7 Å². The van der Waals surface area contributed by atoms with Crippen LogP contribution in [0.25, 0.3) is 0 Å². The van der Waals surface area contributed by atoms with Gasteiger partial charge in [-0.1, -0.05) is 6.92 Å². The van der Waals surface area contributed by atoms with Crippen LogP contribution in [-0.4, -0.2) is 45.2 Å². The van der Waals surface area contributed by atoms with Crippen LogP contribution in [0.4, 0.5) is 0 Å². The van der Waals surface area contributed by atoms with E-state index in [4.69, 9.17) is 0 Å². The zero-order valence-corrected chi connectivity index (χ0v) is 11.9. The number of hydrogen-bond donors (Lipinski definition) is 0. The highest BCUT2D eigenvalue weighted by Gasteiger charge is 2.27. The van der Waals surface area contributed by atoms with Crippen LogP contribution in [0.15, 0.2) is 18.5 Å². The Morgan fingerprint density at radius 2 is 2.22 bits per heavy atom. The highest BCUT2D eigenvalue weighted by molar-refractivity contribution is 7.99. The molecule has 0 N–H and O–H groups in total. The summed E-state index contributed by atoms with van der Waals surface area (Å²) in [6.07, 6.45) is 8.79. The normalized spacial score (nSPS) is 18.9. The monoisotopic (exact) mass is 267 g/mol. The molecular weight excluding hydrogens is 246 g/mol. The maximum atomic E-state index is 12.2. The van der Waals surface area contributed by atoms with E-state index >= 15 is 0 Å². The smallest absolute Gasteiger partial charge is 0.235 e. The fraction of sp³-hybridized carbons (Fsp3) is 0.692. The van der Waals surface area contributed by atoms with Crippen molar-refractivity contribution in [1.82, 2.24) is 14.7 Å². The first-order chi connectivity index (χ1) is 8.76. The third kappa shape index (κ3) is 2.88. The molecule has 0 unspecified atom stereocenters. The fourth-order valence-electron chi connectivity index (χ4n) is 2.49. The summed E-state index contributed by atoms with van der Waals surface area (Å²) in [6.45, 7) is 3.80. The molecule has 0 aliphatic carbocycles. The molecule has 1 amide bonds. The lowest BCUT2D eigenvalue weighted by atomic mass is 10.0. The summed E-state index contributed by atoms with van der Waals surface area (Å²) in [5.74, 6) is 0.309. The third-order valence-electron chi connectivity index (χ3n) is 3.61. The number of amides is 1. The van der Waals surface area contributed by atoms with Gasteiger partial charge in [0.25, 0.3) is 0 Å². The van der Waals surface area contributed by atoms with Crippen LogP contribution < -0.4 is 0 Å². The van der Waals surface area contributed by atoms with Gasteiger partial charge in [0.05, 0.1) is 11.3 Å². The topological polar surface area (TPSA) is 38.1 Å². The van der Waals surface area contributed by atoms with E-state index < -0.39 is 0 Å². The fourth-order valence-corrected chi connectivity index (χ4v) is 3.18. The lowest BCUT2D eigenvalue weighted by Crippen LogP contribution is -2.43. The minimum absolute atomic E-state index is 0.131. The molecular formula is C13H21N3OS. The second-order valence-electron chi connectivity index (χ2n) is 4.68. The molecule has 1 aliphatic heterocycles. The lowest BCUT2D eigenvalue weighted by Gasteiger charge is -2.33. The van der Waals surface area contributed by atoms with E-state index in [2.05, 4.69) is 12.0 Å². The standard InChI is InChI=1S/C13H21N3OS/c1-3-12(18-2)13(17)15-9-5-11(6-10-15)16-8-4-7-14-16/h4,7-8,11-12H,3,5-6,9-10H2,1-2H3/t12-/m1/s1. The number of carbonyl (C=O) groups excluding carboxylic acids is 1. The van der Waals surface area contributed by atoms with E-state index in [-0.39, 0.29) is 5.25 Å². The van der Waals surface area contributed by atoms with Crippen molar-refractivity contribution in [1.29, 1.82) is 0 Å². The van der Waals surface area contributed by atoms with E-state index in [1.54, 1.807) is 11.8 Å². The number of likely N-dealkylation sites (tertiary alicyclic amines) is 1. The van der Waals surface area contributed by atoms with Crippen molar-refractivity contribution in [3.05, 3.63) is 18.5 Å². The van der Waals surface area contributed by atoms with E-state index in [1.165, 1.54) is 0 Å². The van der Waals surface area contributed by atoms with Crippen molar-refractivity contribution in [3.63, 3.8) is 0 Å². The molecule has 1 aliphatic rings. The highest BCUT2D eigenvalue weighted by atomic mass is 32.2. The Labute approximate surface area is 113 Å². The third-order valence-corrected chi connectivity index (χ3v) is 4.71. The predicted molar refractivity (Wildman–Crippen MR) is 74.7 cm³/mol. The number of hydrogen-bond acceptors (Lipinski definition) is 3. The maximum absolute atomic E-state index is 12.2. The van der Waals surface area contributed by atoms with Gasteiger partial charge in [0.1, 0.15) is 0 Å². The molecule has 4 nitrogen and oxygen atoms in total. The number of carbonyl (C=O) groups is 1. The van der Waals surface area contributed by atoms with Gasteiger partial charge in [0.2, 0.25) is 5.91 Å². The first-order valence-electron chi connectivity index (χ1n) is 6.57. The average molecular weight is 267 g/mol. The van der Waals surface area contributed by atoms with Crippen LogP contribution in [-0.2, 0) is 4.79 Å². The SMILES string of the molecule is CC[C@@H](SC)C(=O)N1CCC(n2cccn2)CC1. The molecule has 1 saturated heterocycles. The Morgan fingerprint density at radius 1 is 1.50 bits per heavy atom. The first kappa shape index (κ1) is 13.5. The molecule has 0 saturated carbocycles. The second-order valence-corrected chi connectivity index (χ2v) is 5.72. The zero-order chi connectivity index (χ0) is 13.0. The number of rotatable bonds is 4. The molecule has 0 bridgehead atoms. The molecule has 2 rings (SSSR count). The van der Waals surface area contributed by atoms with Crippen LogP contribution in [0.2, 0.25) is 0 Å². The summed E-state index contributed by atoms with van der Waals surface area (Å²) in [5.41, 5.74) is 0. The molecule has 5 heteroatoms. The first-order valence-corrected chi connectivity index (χ1v) is 7.85. The van der Waals surface area contributed by atoms with Crippen LogP contribution in [0.1, 0.15) is 32.2 Å². The van der Waals surface area contributed by atoms with Crippen LogP contribution in [0, 0.1) is 0 Å². The van der Waals surface area contributed by atoms with Gasteiger partial charge in [0.15, 0.2) is 0 Å². The van der Waals surface area contributed by atoms with Crippen molar-refractivity contribution in [2.45, 2.75) is 37.5 Å². The second kappa shape index (κ2) is 6.27. The Hall–Kier alpha value is -0.970. The zero-order valence-electron chi connectivity index (χ0n) is 11.1. The molecule has 1 aromatic heterocycles. The Kier molecular flexibility index (Phi) is 4.69. The molecule has 0 aromatic carbocycles. The minimum Gasteiger partial charge on any atom is -0.342 e. The van der Waals surface area contributed by atoms with E-state index in [1.807, 2.05) is 34.3 Å². The van der Waals surface area contributed by atoms with E-state index in [0.29, 0.717) is 11.9 Å². The summed E-state index contributed by atoms with van der Waals surface area (Å²) in [6, 6.07) is 2.41. The molecule has 18 heavy (non-hydrogen) atoms. The summed E-state index contributed by atoms with van der Waals surface area (Å²) in [4.78, 5) is 14.3. The van der Waals surface area contributed by atoms with Gasteiger partial charge in [-0.2, -0.15) is 16.9 Å². The number of aromatic nitrogens is 2. The highest BCUT2D eigenvalue weighted by Crippen LogP contribution is 2.24. The van der Waals surface area contributed by atoms with Crippen molar-refractivity contribution < 1.29 is 4.79 Å². The van der Waals surface area contributed by atoms with Crippen molar-refractivity contribution in [3.8, 4) is 0 Å². The summed E-state index contributed by atoms with van der Waals surface area (Å²) in [5, 5.41) is 4.42. The van der Waals surface area contributed by atoms with Gasteiger partial charge < -0.3 is 4.90 Å². The summed E-state index contributed by atoms with van der Waals surface area (Å²) >= 11 is 1.66. The van der Waals surface area contributed by atoms with Crippen molar-refractivity contribution in [2.24, 2.45) is 0 Å². The largest absolute Gasteiger partial charge is 0.342 e. The van der Waals surface area contributed by atoms with Gasteiger partial charge in [-0.25, -0.2) is 0 Å². The summed E-state index contributed by atoms with van der Waals surface area (Å²) < 4.78 is 2.02. The molecule has 100 valence electrons. The van der Waals surface area contributed by atoms with E-state index in [9.17, 15) is 4.79 Å². The average Bonchev–Trinajstić information content (AvgIpc) is 2.94. The van der Waals surface area contributed by atoms with E-state index in [0.717, 1.165) is 32.4 Å². The number of piperidine rings is 1. The molecule has 1 aromatic rings. The maximum Gasteiger partial charge on any atom is 0.235 e. The van der Waals surface area contributed by atoms with Crippen LogP contribution >= 0.6 is 11.8 Å². The Bertz CT molecular complexity index is 368. The molecule has 2 heterocycles. The minimum atomic E-state index is 0.131. The quantitative estimate of drug-likeness (QED) is 0.839. The predicted octanol–water partition coefficient (Wildman–Crippen LogP) is 2.19. The van der Waals surface area contributed by atoms with Crippen molar-refractivity contribution in [2.75, 3.05) is 19.3 Å². The van der Waals surface area contributed by atoms with Crippen LogP contribution in [0.3, 0.4) is 0 Å². The number of thioether (sulfide) groups is 1. The van der Waals surface area contributed by atoms with Gasteiger partial charge in [-0.05, 0) is 31.6 Å². The van der Waals surface area contributed by atoms with Gasteiger partial charge >= 0.3 is 0 Å². The molecule has 0 spiro atoms. The van der Waals surface area contributed by atoms with Crippen LogP contribution in [0.5, 0.6) is 0 Å². The Balaban J connectivity index is 1.88. The van der Waals surface area contributed by atoms with Gasteiger partial charge in [-0.3, -0.25) is 9.48 Å². The van der Waals surface area contributed by atoms with Gasteiger partial charge in [0, 0.05) is 25.5 Å². The molecule has 0 radical (unpaired) electrons. The lowest BCUT2D eigenvalue weighted by molar-refractivity contribution is -0.131. The number of nitrogens with zero attached hydrogens (tertiary/aromatic N) is 3. The van der Waals surface area contributed by atoms with Gasteiger partial charge in [-0.15, -0.1) is 0 Å². The molecule has 1 fully saturated rings.